The Bertz CT molecular complexity index is 687. The van der Waals surface area contributed by atoms with E-state index in [9.17, 15) is 14.7 Å². The number of amides is 1. The third kappa shape index (κ3) is 4.16. The fourth-order valence-electron chi connectivity index (χ4n) is 3.72. The largest absolute Gasteiger partial charge is 0.874 e. The van der Waals surface area contributed by atoms with Crippen LogP contribution in [0.15, 0.2) is 41.8 Å². The number of β-lactam (4-membered cyclic amide) rings is 1. The third-order valence-electron chi connectivity index (χ3n) is 5.68. The highest BCUT2D eigenvalue weighted by Gasteiger charge is 2.51. The molecule has 0 radical (unpaired) electrons. The zero-order valence-electron chi connectivity index (χ0n) is 16.7. The summed E-state index contributed by atoms with van der Waals surface area (Å²) in [5.41, 5.74) is 0.717. The average molecular weight is 374 g/mol. The molecule has 148 valence electrons. The van der Waals surface area contributed by atoms with Crippen molar-refractivity contribution in [3.8, 4) is 0 Å². The summed E-state index contributed by atoms with van der Waals surface area (Å²) in [4.78, 5) is 26.6. The number of hydrogen-bond acceptors (Lipinski definition) is 4. The van der Waals surface area contributed by atoms with E-state index in [4.69, 9.17) is 4.74 Å². The first-order valence-corrected chi connectivity index (χ1v) is 9.73. The van der Waals surface area contributed by atoms with Crippen LogP contribution in [0, 0.1) is 0 Å². The lowest BCUT2D eigenvalue weighted by molar-refractivity contribution is -0.958. The Morgan fingerprint density at radius 3 is 2.22 bits per heavy atom. The van der Waals surface area contributed by atoms with Crippen LogP contribution in [0.1, 0.15) is 46.1 Å². The maximum Gasteiger partial charge on any atom is 0.354 e. The van der Waals surface area contributed by atoms with Crippen molar-refractivity contribution in [2.24, 2.45) is 0 Å². The summed E-state index contributed by atoms with van der Waals surface area (Å²) in [5, 5.41) is 12.5. The van der Waals surface area contributed by atoms with Gasteiger partial charge in [0.25, 0.3) is 0 Å². The van der Waals surface area contributed by atoms with Crippen molar-refractivity contribution in [1.82, 2.24) is 4.90 Å². The Morgan fingerprint density at radius 1 is 1.15 bits per heavy atom. The predicted molar refractivity (Wildman–Crippen MR) is 101 cm³/mol. The maximum absolute atomic E-state index is 12.8. The summed E-state index contributed by atoms with van der Waals surface area (Å²) in [5.74, 6) is -1.26. The molecular weight excluding hydrogens is 344 g/mol. The minimum absolute atomic E-state index is 0.0716. The predicted octanol–water partition coefficient (Wildman–Crippen LogP) is 2.15. The topological polar surface area (TPSA) is 69.7 Å². The second-order valence-electron chi connectivity index (χ2n) is 6.80. The monoisotopic (exact) mass is 374 g/mol. The van der Waals surface area contributed by atoms with Gasteiger partial charge in [0.15, 0.2) is 6.17 Å². The molecule has 0 aliphatic carbocycles. The molecule has 1 aliphatic heterocycles. The van der Waals surface area contributed by atoms with Gasteiger partial charge in [-0.15, -0.1) is 5.76 Å². The molecule has 0 aromatic heterocycles. The average Bonchev–Trinajstić information content (AvgIpc) is 2.71. The first-order valence-electron chi connectivity index (χ1n) is 9.73. The number of likely N-dealkylation sites (tertiary alicyclic amines) is 1. The Balaban J connectivity index is 2.27. The van der Waals surface area contributed by atoms with Crippen LogP contribution in [-0.2, 0) is 20.9 Å². The van der Waals surface area contributed by atoms with Gasteiger partial charge in [-0.1, -0.05) is 37.3 Å². The SMILES string of the molecule is CC/C([O-])=C(\C(=O)OCc1ccccc1)N1C(=O)CC1[N+](CC)(CC)CC. The van der Waals surface area contributed by atoms with E-state index >= 15 is 0 Å². The quantitative estimate of drug-likeness (QED) is 0.218. The summed E-state index contributed by atoms with van der Waals surface area (Å²) >= 11 is 0. The molecule has 0 N–H and O–H groups in total. The van der Waals surface area contributed by atoms with Gasteiger partial charge in [0.1, 0.15) is 18.7 Å². The first kappa shape index (κ1) is 21.0. The smallest absolute Gasteiger partial charge is 0.354 e. The van der Waals surface area contributed by atoms with Crippen LogP contribution in [-0.4, -0.2) is 47.1 Å². The Morgan fingerprint density at radius 2 is 1.74 bits per heavy atom. The molecule has 0 bridgehead atoms. The molecule has 1 heterocycles. The van der Waals surface area contributed by atoms with Gasteiger partial charge in [-0.2, -0.15) is 0 Å². The molecule has 2 rings (SSSR count). The van der Waals surface area contributed by atoms with E-state index in [-0.39, 0.29) is 36.6 Å². The summed E-state index contributed by atoms with van der Waals surface area (Å²) in [6.45, 7) is 10.5. The number of rotatable bonds is 9. The zero-order chi connectivity index (χ0) is 20.0. The number of esters is 1. The second kappa shape index (κ2) is 9.04. The number of allylic oxidation sites excluding steroid dienone is 1. The molecule has 0 saturated carbocycles. The summed E-state index contributed by atoms with van der Waals surface area (Å²) in [6, 6.07) is 9.29. The van der Waals surface area contributed by atoms with E-state index in [1.165, 1.54) is 4.90 Å². The highest BCUT2D eigenvalue weighted by Crippen LogP contribution is 2.34. The van der Waals surface area contributed by atoms with Crippen LogP contribution in [0.2, 0.25) is 0 Å². The van der Waals surface area contributed by atoms with Gasteiger partial charge in [-0.3, -0.25) is 9.69 Å². The molecule has 1 aromatic rings. The van der Waals surface area contributed by atoms with Crippen molar-refractivity contribution in [3.63, 3.8) is 0 Å². The molecule has 1 fully saturated rings. The Labute approximate surface area is 161 Å². The Hall–Kier alpha value is -2.34. The van der Waals surface area contributed by atoms with Gasteiger partial charge >= 0.3 is 5.97 Å². The normalized spacial score (nSPS) is 18.0. The highest BCUT2D eigenvalue weighted by atomic mass is 16.5. The lowest BCUT2D eigenvalue weighted by atomic mass is 10.0. The number of quaternary nitrogens is 1. The highest BCUT2D eigenvalue weighted by molar-refractivity contribution is 5.97. The molecule has 6 heteroatoms. The van der Waals surface area contributed by atoms with Gasteiger partial charge < -0.3 is 14.3 Å². The lowest BCUT2D eigenvalue weighted by Crippen LogP contribution is -2.70. The number of carbonyl (C=O) groups is 2. The number of carbonyl (C=O) groups excluding carboxylic acids is 2. The van der Waals surface area contributed by atoms with Crippen molar-refractivity contribution in [1.29, 1.82) is 0 Å². The van der Waals surface area contributed by atoms with Crippen molar-refractivity contribution in [3.05, 3.63) is 47.4 Å². The van der Waals surface area contributed by atoms with Crippen LogP contribution in [0.5, 0.6) is 0 Å². The van der Waals surface area contributed by atoms with Crippen LogP contribution in [0.4, 0.5) is 0 Å². The van der Waals surface area contributed by atoms with Crippen molar-refractivity contribution >= 4 is 11.9 Å². The molecule has 1 aliphatic rings. The molecule has 0 spiro atoms. The zero-order valence-corrected chi connectivity index (χ0v) is 16.7. The molecule has 6 nitrogen and oxygen atoms in total. The first-order chi connectivity index (χ1) is 12.9. The van der Waals surface area contributed by atoms with Crippen molar-refractivity contribution in [2.45, 2.75) is 53.3 Å². The van der Waals surface area contributed by atoms with Gasteiger partial charge in [0.2, 0.25) is 5.91 Å². The van der Waals surface area contributed by atoms with E-state index in [1.54, 1.807) is 6.92 Å². The third-order valence-corrected chi connectivity index (χ3v) is 5.68. The number of nitrogens with zero attached hydrogens (tertiary/aromatic N) is 2. The van der Waals surface area contributed by atoms with Crippen molar-refractivity contribution < 1.29 is 23.9 Å². The molecular formula is C21H30N2O4. The minimum atomic E-state index is -0.717. The van der Waals surface area contributed by atoms with Crippen molar-refractivity contribution in [2.75, 3.05) is 19.6 Å². The number of benzene rings is 1. The van der Waals surface area contributed by atoms with Crippen LogP contribution < -0.4 is 5.11 Å². The van der Waals surface area contributed by atoms with Crippen LogP contribution in [0.25, 0.3) is 0 Å². The van der Waals surface area contributed by atoms with E-state index < -0.39 is 5.97 Å². The van der Waals surface area contributed by atoms with Crippen LogP contribution in [0.3, 0.4) is 0 Å². The Kier molecular flexibility index (Phi) is 7.02. The second-order valence-corrected chi connectivity index (χ2v) is 6.80. The molecule has 1 aromatic carbocycles. The fourth-order valence-corrected chi connectivity index (χ4v) is 3.72. The summed E-state index contributed by atoms with van der Waals surface area (Å²) in [6.07, 6.45) is 0.311. The standard InChI is InChI=1S/C21H30N2O4/c1-5-17(24)20(21(26)27-15-16-12-10-9-11-13-16)22-18(14-19(22)25)23(6-2,7-3)8-4/h9-13,18H,5-8,14-15H2,1-4H3. The molecule has 27 heavy (non-hydrogen) atoms. The van der Waals surface area contributed by atoms with E-state index in [0.29, 0.717) is 10.9 Å². The molecule has 1 saturated heterocycles. The maximum atomic E-state index is 12.8. The van der Waals surface area contributed by atoms with E-state index in [0.717, 1.165) is 25.2 Å². The van der Waals surface area contributed by atoms with E-state index in [2.05, 4.69) is 20.8 Å². The van der Waals surface area contributed by atoms with Gasteiger partial charge in [-0.05, 0) is 32.8 Å². The summed E-state index contributed by atoms with van der Waals surface area (Å²) in [7, 11) is 0. The molecule has 1 amide bonds. The minimum Gasteiger partial charge on any atom is -0.874 e. The van der Waals surface area contributed by atoms with E-state index in [1.807, 2.05) is 30.3 Å². The van der Waals surface area contributed by atoms with Gasteiger partial charge in [0, 0.05) is 0 Å². The molecule has 1 unspecified atom stereocenters. The lowest BCUT2D eigenvalue weighted by Gasteiger charge is -2.53. The fraction of sp³-hybridized carbons (Fsp3) is 0.524. The number of ether oxygens (including phenoxy) is 1. The van der Waals surface area contributed by atoms with Gasteiger partial charge in [0.05, 0.1) is 19.6 Å². The molecule has 1 atom stereocenters. The number of hydrogen-bond donors (Lipinski definition) is 0. The van der Waals surface area contributed by atoms with Gasteiger partial charge in [-0.25, -0.2) is 4.79 Å². The summed E-state index contributed by atoms with van der Waals surface area (Å²) < 4.78 is 6.05. The van der Waals surface area contributed by atoms with Crippen LogP contribution >= 0.6 is 0 Å².